The van der Waals surface area contributed by atoms with Crippen molar-refractivity contribution in [2.75, 3.05) is 37.6 Å². The third kappa shape index (κ3) is 4.82. The summed E-state index contributed by atoms with van der Waals surface area (Å²) in [5.41, 5.74) is 2.51. The summed E-state index contributed by atoms with van der Waals surface area (Å²) in [4.78, 5) is 45.8. The molecular formula is C28H34N4O3. The Kier molecular flexibility index (Phi) is 6.86. The van der Waals surface area contributed by atoms with E-state index in [2.05, 4.69) is 17.1 Å². The number of hydrogen-bond donors (Lipinski definition) is 1. The Morgan fingerprint density at radius 2 is 1.77 bits per heavy atom. The van der Waals surface area contributed by atoms with Crippen LogP contribution >= 0.6 is 0 Å². The maximum absolute atomic E-state index is 13.6. The predicted molar refractivity (Wildman–Crippen MR) is 135 cm³/mol. The quantitative estimate of drug-likeness (QED) is 0.697. The van der Waals surface area contributed by atoms with Crippen molar-refractivity contribution in [3.05, 3.63) is 65.2 Å². The second-order valence-electron chi connectivity index (χ2n) is 10.1. The Bertz CT molecular complexity index is 1120. The zero-order valence-electron chi connectivity index (χ0n) is 20.4. The van der Waals surface area contributed by atoms with E-state index in [1.165, 1.54) is 12.8 Å². The Balaban J connectivity index is 1.34. The van der Waals surface area contributed by atoms with E-state index in [4.69, 9.17) is 0 Å². The second kappa shape index (κ2) is 10.2. The van der Waals surface area contributed by atoms with Gasteiger partial charge in [-0.15, -0.1) is 0 Å². The molecule has 7 nitrogen and oxygen atoms in total. The lowest BCUT2D eigenvalue weighted by Gasteiger charge is -2.30. The molecule has 0 saturated carbocycles. The van der Waals surface area contributed by atoms with Gasteiger partial charge in [0.15, 0.2) is 0 Å². The van der Waals surface area contributed by atoms with Crippen molar-refractivity contribution in [1.82, 2.24) is 15.1 Å². The van der Waals surface area contributed by atoms with Crippen LogP contribution < -0.4 is 10.2 Å². The van der Waals surface area contributed by atoms with Crippen molar-refractivity contribution in [3.8, 4) is 0 Å². The minimum absolute atomic E-state index is 0.0739. The van der Waals surface area contributed by atoms with Crippen molar-refractivity contribution in [2.45, 2.75) is 45.2 Å². The molecule has 184 valence electrons. The highest BCUT2D eigenvalue weighted by atomic mass is 16.2. The predicted octanol–water partition coefficient (Wildman–Crippen LogP) is 3.30. The molecule has 2 fully saturated rings. The first-order chi connectivity index (χ1) is 17.0. The van der Waals surface area contributed by atoms with Crippen molar-refractivity contribution in [3.63, 3.8) is 0 Å². The number of benzene rings is 2. The van der Waals surface area contributed by atoms with Crippen molar-refractivity contribution < 1.29 is 14.4 Å². The first-order valence-corrected chi connectivity index (χ1v) is 12.8. The topological polar surface area (TPSA) is 73.0 Å². The largest absolute Gasteiger partial charge is 0.351 e. The first kappa shape index (κ1) is 23.5. The van der Waals surface area contributed by atoms with Crippen LogP contribution in [-0.2, 0) is 11.3 Å². The van der Waals surface area contributed by atoms with E-state index in [0.29, 0.717) is 42.2 Å². The van der Waals surface area contributed by atoms with Gasteiger partial charge in [0.1, 0.15) is 6.04 Å². The number of anilines is 1. The molecule has 2 unspecified atom stereocenters. The Morgan fingerprint density at radius 1 is 1.00 bits per heavy atom. The number of piperidine rings is 1. The van der Waals surface area contributed by atoms with Crippen LogP contribution in [0.2, 0.25) is 0 Å². The van der Waals surface area contributed by atoms with Gasteiger partial charge in [-0.3, -0.25) is 14.4 Å². The van der Waals surface area contributed by atoms with Crippen LogP contribution in [0, 0.1) is 5.92 Å². The Labute approximate surface area is 207 Å². The van der Waals surface area contributed by atoms with Crippen molar-refractivity contribution in [1.29, 1.82) is 0 Å². The summed E-state index contributed by atoms with van der Waals surface area (Å²) in [7, 11) is 0. The zero-order chi connectivity index (χ0) is 24.4. The normalized spacial score (nSPS) is 22.5. The Morgan fingerprint density at radius 3 is 2.63 bits per heavy atom. The third-order valence-electron chi connectivity index (χ3n) is 7.54. The lowest BCUT2D eigenvalue weighted by molar-refractivity contribution is -0.122. The number of nitrogens with one attached hydrogen (secondary N) is 1. The van der Waals surface area contributed by atoms with Gasteiger partial charge in [0, 0.05) is 31.7 Å². The molecule has 1 N–H and O–H groups in total. The van der Waals surface area contributed by atoms with E-state index in [1.54, 1.807) is 15.9 Å². The van der Waals surface area contributed by atoms with Crippen LogP contribution in [0.3, 0.4) is 0 Å². The second-order valence-corrected chi connectivity index (χ2v) is 10.1. The molecule has 2 aromatic carbocycles. The molecular weight excluding hydrogens is 440 g/mol. The van der Waals surface area contributed by atoms with Crippen LogP contribution in [-0.4, -0.2) is 66.3 Å². The Hall–Kier alpha value is -3.19. The number of hydrogen-bond acceptors (Lipinski definition) is 4. The smallest absolute Gasteiger partial charge is 0.256 e. The summed E-state index contributed by atoms with van der Waals surface area (Å²) in [5, 5.41) is 3.08. The van der Waals surface area contributed by atoms with E-state index in [1.807, 2.05) is 42.5 Å². The standard InChI is InChI=1S/C28H34N4O3/c1-20-8-6-15-30(18-20)17-14-29-26(33)22-10-3-2-9-21(22)19-32-24-12-5-4-11-23(24)27(34)31-16-7-13-25(31)28(32)35/h2-5,9-12,20,25H,6-8,13-19H2,1H3,(H,29,33). The van der Waals surface area contributed by atoms with Gasteiger partial charge < -0.3 is 20.0 Å². The maximum Gasteiger partial charge on any atom is 0.256 e. The molecule has 3 aliphatic rings. The van der Waals surface area contributed by atoms with Gasteiger partial charge in [0.2, 0.25) is 5.91 Å². The average molecular weight is 475 g/mol. The molecule has 0 bridgehead atoms. The third-order valence-corrected chi connectivity index (χ3v) is 7.54. The molecule has 3 amide bonds. The number of carbonyl (C=O) groups is 3. The van der Waals surface area contributed by atoms with Gasteiger partial charge in [-0.05, 0) is 61.9 Å². The van der Waals surface area contributed by atoms with E-state index in [-0.39, 0.29) is 24.3 Å². The van der Waals surface area contributed by atoms with Gasteiger partial charge in [0.25, 0.3) is 11.8 Å². The molecule has 3 heterocycles. The molecule has 35 heavy (non-hydrogen) atoms. The average Bonchev–Trinajstić information content (AvgIpc) is 3.34. The van der Waals surface area contributed by atoms with Gasteiger partial charge in [-0.25, -0.2) is 0 Å². The number of likely N-dealkylation sites (tertiary alicyclic amines) is 1. The van der Waals surface area contributed by atoms with Crippen LogP contribution in [0.25, 0.3) is 0 Å². The summed E-state index contributed by atoms with van der Waals surface area (Å²) < 4.78 is 0. The number of nitrogens with zero attached hydrogens (tertiary/aromatic N) is 3. The van der Waals surface area contributed by atoms with E-state index in [0.717, 1.165) is 31.6 Å². The molecule has 2 aromatic rings. The minimum atomic E-state index is -0.442. The van der Waals surface area contributed by atoms with Gasteiger partial charge in [-0.1, -0.05) is 37.3 Å². The number of carbonyl (C=O) groups excluding carboxylic acids is 3. The molecule has 0 radical (unpaired) electrons. The van der Waals surface area contributed by atoms with Gasteiger partial charge >= 0.3 is 0 Å². The zero-order valence-corrected chi connectivity index (χ0v) is 20.4. The van der Waals surface area contributed by atoms with Crippen molar-refractivity contribution >= 4 is 23.4 Å². The fourth-order valence-electron chi connectivity index (χ4n) is 5.74. The first-order valence-electron chi connectivity index (χ1n) is 12.8. The highest BCUT2D eigenvalue weighted by Crippen LogP contribution is 2.33. The summed E-state index contributed by atoms with van der Waals surface area (Å²) in [5.74, 6) is 0.420. The van der Waals surface area contributed by atoms with E-state index in [9.17, 15) is 14.4 Å². The molecule has 0 aromatic heterocycles. The van der Waals surface area contributed by atoms with Gasteiger partial charge in [0.05, 0.1) is 17.8 Å². The highest BCUT2D eigenvalue weighted by molar-refractivity contribution is 6.11. The molecule has 0 aliphatic carbocycles. The monoisotopic (exact) mass is 474 g/mol. The maximum atomic E-state index is 13.6. The molecule has 5 rings (SSSR count). The molecule has 3 aliphatic heterocycles. The summed E-state index contributed by atoms with van der Waals surface area (Å²) in [6.45, 7) is 6.74. The van der Waals surface area contributed by atoms with Gasteiger partial charge in [-0.2, -0.15) is 0 Å². The lowest BCUT2D eigenvalue weighted by atomic mass is 10.0. The molecule has 2 atom stereocenters. The lowest BCUT2D eigenvalue weighted by Crippen LogP contribution is -2.44. The minimum Gasteiger partial charge on any atom is -0.351 e. The van der Waals surface area contributed by atoms with Crippen LogP contribution in [0.1, 0.15) is 58.9 Å². The fraction of sp³-hybridized carbons (Fsp3) is 0.464. The summed E-state index contributed by atoms with van der Waals surface area (Å²) in [6.07, 6.45) is 3.99. The molecule has 7 heteroatoms. The number of fused-ring (bicyclic) bond motifs is 2. The number of rotatable bonds is 6. The molecule has 2 saturated heterocycles. The van der Waals surface area contributed by atoms with Crippen molar-refractivity contribution in [2.24, 2.45) is 5.92 Å². The van der Waals surface area contributed by atoms with E-state index >= 15 is 0 Å². The fourth-order valence-corrected chi connectivity index (χ4v) is 5.74. The molecule has 0 spiro atoms. The number of para-hydroxylation sites is 1. The number of amides is 3. The van der Waals surface area contributed by atoms with Crippen LogP contribution in [0.4, 0.5) is 5.69 Å². The summed E-state index contributed by atoms with van der Waals surface area (Å²) >= 11 is 0. The summed E-state index contributed by atoms with van der Waals surface area (Å²) in [6, 6.07) is 14.3. The SMILES string of the molecule is CC1CCCN(CCNC(=O)c2ccccc2CN2C(=O)C3CCCN3C(=O)c3ccccc32)C1. The van der Waals surface area contributed by atoms with E-state index < -0.39 is 6.04 Å². The van der Waals surface area contributed by atoms with Crippen LogP contribution in [0.15, 0.2) is 48.5 Å². The van der Waals surface area contributed by atoms with Crippen LogP contribution in [0.5, 0.6) is 0 Å². The highest BCUT2D eigenvalue weighted by Gasteiger charge is 2.42.